The maximum absolute atomic E-state index is 12.3. The molecule has 0 heterocycles. The number of benzene rings is 1. The summed E-state index contributed by atoms with van der Waals surface area (Å²) in [4.78, 5) is 4.52. The van der Waals surface area contributed by atoms with E-state index in [1.165, 1.54) is 0 Å². The van der Waals surface area contributed by atoms with Gasteiger partial charge in [-0.15, -0.1) is 24.0 Å². The van der Waals surface area contributed by atoms with E-state index in [2.05, 4.69) is 15.6 Å². The number of nitrogens with one attached hydrogen (secondary N) is 2. The fourth-order valence-corrected chi connectivity index (χ4v) is 5.71. The minimum Gasteiger partial charge on any atom is -0.355 e. The number of halogens is 1. The number of guanidine groups is 1. The second-order valence-electron chi connectivity index (χ2n) is 6.43. The molecule has 1 aromatic carbocycles. The third-order valence-electron chi connectivity index (χ3n) is 4.61. The summed E-state index contributed by atoms with van der Waals surface area (Å²) in [5.41, 5.74) is 0. The van der Waals surface area contributed by atoms with E-state index in [4.69, 9.17) is 0 Å². The van der Waals surface area contributed by atoms with Crippen LogP contribution in [0.2, 0.25) is 0 Å². The van der Waals surface area contributed by atoms with E-state index in [0.717, 1.165) is 25.7 Å². The minimum atomic E-state index is -3.31. The van der Waals surface area contributed by atoms with Gasteiger partial charge in [0.05, 0.1) is 10.6 Å². The second-order valence-corrected chi connectivity index (χ2v) is 10.5. The number of rotatable bonds is 7. The Kier molecular flexibility index (Phi) is 10.8. The second kappa shape index (κ2) is 12.0. The van der Waals surface area contributed by atoms with E-state index >= 15 is 0 Å². The summed E-state index contributed by atoms with van der Waals surface area (Å²) in [6.07, 6.45) is 3.94. The fourth-order valence-electron chi connectivity index (χ4n) is 3.19. The zero-order valence-corrected chi connectivity index (χ0v) is 19.9. The van der Waals surface area contributed by atoms with Crippen LogP contribution in [0.3, 0.4) is 0 Å². The van der Waals surface area contributed by atoms with Crippen LogP contribution in [0.15, 0.2) is 40.2 Å². The van der Waals surface area contributed by atoms with Crippen molar-refractivity contribution in [2.45, 2.75) is 48.8 Å². The summed E-state index contributed by atoms with van der Waals surface area (Å²) in [6, 6.07) is 8.69. The molecule has 2 N–H and O–H groups in total. The lowest BCUT2D eigenvalue weighted by Gasteiger charge is -2.30. The topological polar surface area (TPSA) is 87.6 Å². The molecular weight excluding hydrogens is 497 g/mol. The van der Waals surface area contributed by atoms with Gasteiger partial charge in [0.2, 0.25) is 0 Å². The van der Waals surface area contributed by atoms with Crippen molar-refractivity contribution in [3.8, 4) is 0 Å². The zero-order valence-electron chi connectivity index (χ0n) is 15.9. The molecule has 6 nitrogen and oxygen atoms in total. The predicted octanol–water partition coefficient (Wildman–Crippen LogP) is 2.32. The highest BCUT2D eigenvalue weighted by Crippen LogP contribution is 2.22. The molecule has 0 amide bonds. The molecule has 1 aliphatic carbocycles. The van der Waals surface area contributed by atoms with Crippen molar-refractivity contribution in [3.63, 3.8) is 0 Å². The molecule has 9 heteroatoms. The number of aliphatic imine (C=N–C) groups is 1. The van der Waals surface area contributed by atoms with Crippen LogP contribution in [0.5, 0.6) is 0 Å². The summed E-state index contributed by atoms with van der Waals surface area (Å²) in [5.74, 6) is 1.30. The van der Waals surface area contributed by atoms with Gasteiger partial charge in [0.25, 0.3) is 0 Å². The average Bonchev–Trinajstić information content (AvgIpc) is 2.67. The number of sulfone groups is 1. The molecule has 3 unspecified atom stereocenters. The lowest BCUT2D eigenvalue weighted by Crippen LogP contribution is -2.47. The fraction of sp³-hybridized carbons (Fsp3) is 0.611. The molecule has 0 aliphatic heterocycles. The van der Waals surface area contributed by atoms with Gasteiger partial charge in [-0.2, -0.15) is 0 Å². The molecule has 0 saturated heterocycles. The van der Waals surface area contributed by atoms with Crippen molar-refractivity contribution < 1.29 is 12.6 Å². The van der Waals surface area contributed by atoms with Crippen LogP contribution in [0, 0.1) is 0 Å². The maximum atomic E-state index is 12.3. The van der Waals surface area contributed by atoms with Crippen LogP contribution in [0.25, 0.3) is 0 Å². The summed E-state index contributed by atoms with van der Waals surface area (Å²) < 4.78 is 36.7. The monoisotopic (exact) mass is 527 g/mol. The maximum Gasteiger partial charge on any atom is 0.191 e. The Balaban J connectivity index is 0.00000364. The van der Waals surface area contributed by atoms with Crippen LogP contribution < -0.4 is 10.6 Å². The van der Waals surface area contributed by atoms with Gasteiger partial charge in [-0.25, -0.2) is 8.42 Å². The molecule has 2 rings (SSSR count). The first-order valence-electron chi connectivity index (χ1n) is 9.08. The molecule has 0 aromatic heterocycles. The number of hydrogen-bond acceptors (Lipinski definition) is 4. The molecule has 27 heavy (non-hydrogen) atoms. The standard InChI is InChI=1S/C18H29N3O3S2.HI/c1-3-25(22)16-9-7-8-15(14-16)21-18(19-2)20-12-13-26(23,24)17-10-5-4-6-11-17;/h4-6,10-11,15-16H,3,7-9,12-14H2,1-2H3,(H2,19,20,21);1H. The van der Waals surface area contributed by atoms with Crippen molar-refractivity contribution >= 4 is 50.6 Å². The van der Waals surface area contributed by atoms with E-state index in [0.29, 0.717) is 16.6 Å². The molecule has 0 bridgehead atoms. The van der Waals surface area contributed by atoms with E-state index in [-0.39, 0.29) is 47.6 Å². The Morgan fingerprint density at radius 2 is 1.96 bits per heavy atom. The highest BCUT2D eigenvalue weighted by Gasteiger charge is 2.26. The lowest BCUT2D eigenvalue weighted by molar-refractivity contribution is 0.414. The van der Waals surface area contributed by atoms with Gasteiger partial charge in [-0.1, -0.05) is 31.5 Å². The first kappa shape index (κ1) is 24.4. The van der Waals surface area contributed by atoms with Gasteiger partial charge in [0, 0.05) is 41.4 Å². The average molecular weight is 527 g/mol. The summed E-state index contributed by atoms with van der Waals surface area (Å²) in [6.45, 7) is 2.24. The van der Waals surface area contributed by atoms with Gasteiger partial charge >= 0.3 is 0 Å². The van der Waals surface area contributed by atoms with Crippen molar-refractivity contribution in [2.75, 3.05) is 25.1 Å². The number of nitrogens with zero attached hydrogens (tertiary/aromatic N) is 1. The van der Waals surface area contributed by atoms with Crippen LogP contribution in [0.1, 0.15) is 32.6 Å². The van der Waals surface area contributed by atoms with Gasteiger partial charge in [-0.3, -0.25) is 9.20 Å². The van der Waals surface area contributed by atoms with Gasteiger partial charge in [-0.05, 0) is 31.4 Å². The van der Waals surface area contributed by atoms with Crippen LogP contribution >= 0.6 is 24.0 Å². The molecule has 154 valence electrons. The minimum absolute atomic E-state index is 0. The normalized spacial score (nSPS) is 21.8. The molecule has 1 saturated carbocycles. The molecule has 0 spiro atoms. The quantitative estimate of drug-likeness (QED) is 0.323. The van der Waals surface area contributed by atoms with Crippen LogP contribution in [-0.4, -0.2) is 55.0 Å². The Hall–Kier alpha value is -0.680. The molecule has 1 aliphatic rings. The van der Waals surface area contributed by atoms with Crippen molar-refractivity contribution in [1.82, 2.24) is 10.6 Å². The number of hydrogen-bond donors (Lipinski definition) is 2. The Morgan fingerprint density at radius 3 is 2.59 bits per heavy atom. The molecule has 0 radical (unpaired) electrons. The largest absolute Gasteiger partial charge is 0.355 e. The first-order valence-corrected chi connectivity index (χ1v) is 12.1. The first-order chi connectivity index (χ1) is 12.5. The molecular formula is C18H30IN3O3S2. The van der Waals surface area contributed by atoms with Crippen LogP contribution in [0.4, 0.5) is 0 Å². The van der Waals surface area contributed by atoms with E-state index in [9.17, 15) is 12.6 Å². The highest BCUT2D eigenvalue weighted by molar-refractivity contribution is 14.0. The predicted molar refractivity (Wildman–Crippen MR) is 123 cm³/mol. The van der Waals surface area contributed by atoms with Crippen molar-refractivity contribution in [3.05, 3.63) is 30.3 Å². The Morgan fingerprint density at radius 1 is 1.26 bits per heavy atom. The van der Waals surface area contributed by atoms with Crippen molar-refractivity contribution in [2.24, 2.45) is 4.99 Å². The SMILES string of the molecule is CCS(=O)C1CCCC(NC(=NC)NCCS(=O)(=O)c2ccccc2)C1.I. The van der Waals surface area contributed by atoms with Gasteiger partial charge in [0.15, 0.2) is 15.8 Å². The third-order valence-corrected chi connectivity index (χ3v) is 8.09. The Labute approximate surface area is 182 Å². The summed E-state index contributed by atoms with van der Waals surface area (Å²) in [5, 5.41) is 6.67. The zero-order chi connectivity index (χ0) is 19.0. The van der Waals surface area contributed by atoms with E-state index in [1.54, 1.807) is 37.4 Å². The van der Waals surface area contributed by atoms with Crippen LogP contribution in [-0.2, 0) is 20.6 Å². The smallest absolute Gasteiger partial charge is 0.191 e. The summed E-state index contributed by atoms with van der Waals surface area (Å²) >= 11 is 0. The third kappa shape index (κ3) is 7.69. The molecule has 1 aromatic rings. The molecule has 1 fully saturated rings. The Bertz CT molecular complexity index is 727. The van der Waals surface area contributed by atoms with Gasteiger partial charge < -0.3 is 10.6 Å². The van der Waals surface area contributed by atoms with Gasteiger partial charge in [0.1, 0.15) is 0 Å². The van der Waals surface area contributed by atoms with E-state index < -0.39 is 20.6 Å². The highest BCUT2D eigenvalue weighted by atomic mass is 127. The van der Waals surface area contributed by atoms with Crippen molar-refractivity contribution in [1.29, 1.82) is 0 Å². The molecule has 3 atom stereocenters. The lowest BCUT2D eigenvalue weighted by atomic mass is 9.95. The van der Waals surface area contributed by atoms with E-state index in [1.807, 2.05) is 6.92 Å². The summed E-state index contributed by atoms with van der Waals surface area (Å²) in [7, 11) is -2.40.